The molecule has 13 heteroatoms. The predicted molar refractivity (Wildman–Crippen MR) is 117 cm³/mol. The summed E-state index contributed by atoms with van der Waals surface area (Å²) in [5.74, 6) is -0.190. The molecule has 2 N–H and O–H groups in total. The van der Waals surface area contributed by atoms with Crippen LogP contribution >= 0.6 is 11.6 Å². The maximum absolute atomic E-state index is 13.0. The second-order valence-electron chi connectivity index (χ2n) is 7.33. The predicted octanol–water partition coefficient (Wildman–Crippen LogP) is 3.82. The van der Waals surface area contributed by atoms with Crippen LogP contribution < -0.4 is 10.1 Å². The van der Waals surface area contributed by atoms with Crippen LogP contribution in [-0.2, 0) is 6.54 Å². The number of nitrogens with one attached hydrogen (secondary N) is 1. The van der Waals surface area contributed by atoms with Gasteiger partial charge in [0.15, 0.2) is 5.65 Å². The van der Waals surface area contributed by atoms with Crippen LogP contribution in [0.25, 0.3) is 16.9 Å². The molecule has 0 saturated carbocycles. The molecule has 0 spiro atoms. The van der Waals surface area contributed by atoms with Gasteiger partial charge in [0.2, 0.25) is 0 Å². The third-order valence-corrected chi connectivity index (χ3v) is 5.05. The summed E-state index contributed by atoms with van der Waals surface area (Å²) < 4.78 is 45.9. The Labute approximate surface area is 195 Å². The Morgan fingerprint density at radius 2 is 2.15 bits per heavy atom. The second kappa shape index (κ2) is 9.31. The number of aromatic nitrogens is 5. The van der Waals surface area contributed by atoms with Crippen LogP contribution in [0.2, 0.25) is 5.02 Å². The highest BCUT2D eigenvalue weighted by atomic mass is 35.5. The van der Waals surface area contributed by atoms with E-state index in [2.05, 4.69) is 20.5 Å². The Morgan fingerprint density at radius 1 is 1.35 bits per heavy atom. The van der Waals surface area contributed by atoms with E-state index in [4.69, 9.17) is 16.3 Å². The summed E-state index contributed by atoms with van der Waals surface area (Å²) in [5, 5.41) is 21.3. The van der Waals surface area contributed by atoms with Crippen molar-refractivity contribution in [1.29, 1.82) is 0 Å². The smallest absolute Gasteiger partial charge is 0.391 e. The maximum atomic E-state index is 13.0. The van der Waals surface area contributed by atoms with Crippen molar-refractivity contribution in [2.45, 2.75) is 25.2 Å². The average Bonchev–Trinajstić information content (AvgIpc) is 3.36. The number of hydrogen-bond acceptors (Lipinski definition) is 6. The van der Waals surface area contributed by atoms with E-state index < -0.39 is 31.2 Å². The first-order valence-electron chi connectivity index (χ1n) is 9.90. The molecule has 0 saturated heterocycles. The number of carbonyl (C=O) groups excluding carboxylic acids is 1. The van der Waals surface area contributed by atoms with Crippen molar-refractivity contribution in [2.75, 3.05) is 12.4 Å². The van der Waals surface area contributed by atoms with Crippen molar-refractivity contribution in [1.82, 2.24) is 24.4 Å². The van der Waals surface area contributed by atoms with Crippen molar-refractivity contribution in [2.24, 2.45) is 0 Å². The fourth-order valence-corrected chi connectivity index (χ4v) is 3.57. The summed E-state index contributed by atoms with van der Waals surface area (Å²) >= 11 is 6.13. The summed E-state index contributed by atoms with van der Waals surface area (Å²) in [4.78, 5) is 17.2. The number of aliphatic hydroxyl groups excluding tert-OH is 1. The van der Waals surface area contributed by atoms with Gasteiger partial charge in [-0.3, -0.25) is 9.48 Å². The largest absolute Gasteiger partial charge is 0.496 e. The number of fused-ring (bicyclic) bond motifs is 1. The van der Waals surface area contributed by atoms with Crippen LogP contribution in [0.1, 0.15) is 16.8 Å². The fraction of sp³-hybridized carbons (Fsp3) is 0.238. The lowest BCUT2D eigenvalue weighted by Gasteiger charge is -2.12. The van der Waals surface area contributed by atoms with Gasteiger partial charge in [-0.1, -0.05) is 11.6 Å². The number of alkyl halides is 3. The zero-order valence-electron chi connectivity index (χ0n) is 17.6. The van der Waals surface area contributed by atoms with Gasteiger partial charge in [-0.2, -0.15) is 23.4 Å². The molecular weight excluding hydrogens is 477 g/mol. The summed E-state index contributed by atoms with van der Waals surface area (Å²) in [6.07, 6.45) is -1.88. The number of rotatable bonds is 7. The minimum atomic E-state index is -4.54. The van der Waals surface area contributed by atoms with Crippen molar-refractivity contribution in [3.05, 3.63) is 59.6 Å². The van der Waals surface area contributed by atoms with Gasteiger partial charge in [0, 0.05) is 29.2 Å². The minimum Gasteiger partial charge on any atom is -0.496 e. The van der Waals surface area contributed by atoms with Gasteiger partial charge in [-0.15, -0.1) is 0 Å². The highest BCUT2D eigenvalue weighted by Gasteiger charge is 2.31. The number of ether oxygens (including phenoxy) is 1. The standard InChI is InChI=1S/C21H18ClF3N6O3/c1-34-17-4-3-12(22)7-14(17)18-16(11-30(29-18)10-13(32)8-21(23,24)25)28-20(33)15-9-27-31-6-2-5-26-19(15)31/h2-7,9,11,13,32H,8,10H2,1H3,(H,28,33)/t13-/m1/s1. The summed E-state index contributed by atoms with van der Waals surface area (Å²) in [5.41, 5.74) is 1.24. The quantitative estimate of drug-likeness (QED) is 0.404. The van der Waals surface area contributed by atoms with E-state index in [1.807, 2.05) is 0 Å². The van der Waals surface area contributed by atoms with Gasteiger partial charge in [0.1, 0.15) is 17.0 Å². The number of amides is 1. The molecule has 0 aliphatic rings. The molecule has 1 aromatic carbocycles. The van der Waals surface area contributed by atoms with E-state index in [1.54, 1.807) is 30.5 Å². The third-order valence-electron chi connectivity index (χ3n) is 4.82. The van der Waals surface area contributed by atoms with E-state index in [0.717, 1.165) is 4.68 Å². The first kappa shape index (κ1) is 23.5. The Hall–Kier alpha value is -3.64. The van der Waals surface area contributed by atoms with E-state index in [1.165, 1.54) is 30.2 Å². The second-order valence-corrected chi connectivity index (χ2v) is 7.77. The summed E-state index contributed by atoms with van der Waals surface area (Å²) in [6, 6.07) is 6.39. The first-order chi connectivity index (χ1) is 16.1. The molecule has 9 nitrogen and oxygen atoms in total. The zero-order valence-corrected chi connectivity index (χ0v) is 18.4. The SMILES string of the molecule is COc1ccc(Cl)cc1-c1nn(C[C@H](O)CC(F)(F)F)cc1NC(=O)c1cnn2cccnc12. The van der Waals surface area contributed by atoms with Crippen LogP contribution in [0.4, 0.5) is 18.9 Å². The minimum absolute atomic E-state index is 0.167. The van der Waals surface area contributed by atoms with Crippen LogP contribution in [0.5, 0.6) is 5.75 Å². The Kier molecular flexibility index (Phi) is 6.44. The molecule has 3 heterocycles. The van der Waals surface area contributed by atoms with Gasteiger partial charge in [-0.25, -0.2) is 9.50 Å². The lowest BCUT2D eigenvalue weighted by molar-refractivity contribution is -0.154. The number of hydrogen-bond donors (Lipinski definition) is 2. The molecule has 4 aromatic rings. The Balaban J connectivity index is 1.72. The van der Waals surface area contributed by atoms with Crippen molar-refractivity contribution >= 4 is 28.8 Å². The average molecular weight is 495 g/mol. The third kappa shape index (κ3) is 5.13. The lowest BCUT2D eigenvalue weighted by Crippen LogP contribution is -2.24. The van der Waals surface area contributed by atoms with Crippen LogP contribution in [0.15, 0.2) is 49.1 Å². The molecule has 0 radical (unpaired) electrons. The van der Waals surface area contributed by atoms with Gasteiger partial charge < -0.3 is 15.2 Å². The normalized spacial score (nSPS) is 12.6. The maximum Gasteiger partial charge on any atom is 0.391 e. The zero-order chi connectivity index (χ0) is 24.5. The highest BCUT2D eigenvalue weighted by Crippen LogP contribution is 2.36. The molecule has 1 amide bonds. The molecule has 178 valence electrons. The molecule has 0 aliphatic carbocycles. The Morgan fingerprint density at radius 3 is 2.88 bits per heavy atom. The van der Waals surface area contributed by atoms with Crippen LogP contribution in [0.3, 0.4) is 0 Å². The van der Waals surface area contributed by atoms with Gasteiger partial charge in [-0.05, 0) is 24.3 Å². The van der Waals surface area contributed by atoms with Gasteiger partial charge in [0.05, 0.1) is 38.1 Å². The number of nitrogens with zero attached hydrogens (tertiary/aromatic N) is 5. The summed E-state index contributed by atoms with van der Waals surface area (Å²) in [6.45, 7) is -0.455. The molecule has 0 aliphatic heterocycles. The number of halogens is 4. The molecule has 0 fully saturated rings. The van der Waals surface area contributed by atoms with E-state index in [0.29, 0.717) is 22.0 Å². The molecular formula is C21H18ClF3N6O3. The van der Waals surface area contributed by atoms with Crippen molar-refractivity contribution in [3.8, 4) is 17.0 Å². The van der Waals surface area contributed by atoms with E-state index >= 15 is 0 Å². The number of carbonyl (C=O) groups is 1. The molecule has 0 unspecified atom stereocenters. The van der Waals surface area contributed by atoms with Gasteiger partial charge >= 0.3 is 6.18 Å². The monoisotopic (exact) mass is 494 g/mol. The van der Waals surface area contributed by atoms with Crippen LogP contribution in [-0.4, -0.2) is 54.8 Å². The molecule has 3 aromatic heterocycles. The Bertz CT molecular complexity index is 1340. The number of benzene rings is 1. The molecule has 0 bridgehead atoms. The van der Waals surface area contributed by atoms with E-state index in [-0.39, 0.29) is 16.9 Å². The molecule has 4 rings (SSSR count). The number of aliphatic hydroxyl groups is 1. The number of methoxy groups -OCH3 is 1. The fourth-order valence-electron chi connectivity index (χ4n) is 3.40. The van der Waals surface area contributed by atoms with Gasteiger partial charge in [0.25, 0.3) is 5.91 Å². The van der Waals surface area contributed by atoms with E-state index in [9.17, 15) is 23.1 Å². The van der Waals surface area contributed by atoms with Crippen molar-refractivity contribution in [3.63, 3.8) is 0 Å². The highest BCUT2D eigenvalue weighted by molar-refractivity contribution is 6.31. The first-order valence-corrected chi connectivity index (χ1v) is 10.3. The van der Waals surface area contributed by atoms with Crippen molar-refractivity contribution < 1.29 is 27.8 Å². The number of anilines is 1. The summed E-state index contributed by atoms with van der Waals surface area (Å²) in [7, 11) is 1.43. The molecule has 1 atom stereocenters. The topological polar surface area (TPSA) is 107 Å². The van der Waals surface area contributed by atoms with Crippen LogP contribution in [0, 0.1) is 0 Å². The lowest BCUT2D eigenvalue weighted by atomic mass is 10.1. The molecule has 34 heavy (non-hydrogen) atoms.